The van der Waals surface area contributed by atoms with Gasteiger partial charge >= 0.3 is 0 Å². The molecule has 0 atom stereocenters. The van der Waals surface area contributed by atoms with Gasteiger partial charge in [0.1, 0.15) is 11.2 Å². The first kappa shape index (κ1) is 7.91. The minimum Gasteiger partial charge on any atom is -0.296 e. The predicted molar refractivity (Wildman–Crippen MR) is 48.6 cm³/mol. The number of aldehydes is 1. The van der Waals surface area contributed by atoms with Crippen LogP contribution in [0, 0.1) is 6.92 Å². The van der Waals surface area contributed by atoms with E-state index in [1.165, 1.54) is 0 Å². The van der Waals surface area contributed by atoms with Crippen LogP contribution >= 0.6 is 0 Å². The summed E-state index contributed by atoms with van der Waals surface area (Å²) in [7, 11) is 1.86. The summed E-state index contributed by atoms with van der Waals surface area (Å²) in [4.78, 5) is 14.6. The highest BCUT2D eigenvalue weighted by atomic mass is 16.1. The lowest BCUT2D eigenvalue weighted by molar-refractivity contribution is 0.111. The molecule has 0 radical (unpaired) electrons. The minimum absolute atomic E-state index is 0.448. The molecule has 66 valence electrons. The molecule has 0 spiro atoms. The van der Waals surface area contributed by atoms with Gasteiger partial charge < -0.3 is 0 Å². The highest BCUT2D eigenvalue weighted by Crippen LogP contribution is 2.14. The summed E-state index contributed by atoms with van der Waals surface area (Å²) in [5.74, 6) is 0. The van der Waals surface area contributed by atoms with Gasteiger partial charge in [-0.15, -0.1) is 0 Å². The van der Waals surface area contributed by atoms with E-state index in [9.17, 15) is 4.79 Å². The number of aromatic nitrogens is 3. The second-order valence-corrected chi connectivity index (χ2v) is 2.93. The Morgan fingerprint density at radius 2 is 2.23 bits per heavy atom. The first-order valence-corrected chi connectivity index (χ1v) is 3.98. The summed E-state index contributed by atoms with van der Waals surface area (Å²) < 4.78 is 1.76. The molecule has 0 bridgehead atoms. The number of nitrogens with zero attached hydrogens (tertiary/aromatic N) is 3. The van der Waals surface area contributed by atoms with Gasteiger partial charge in [-0.25, -0.2) is 4.98 Å². The van der Waals surface area contributed by atoms with Crippen LogP contribution in [0.4, 0.5) is 0 Å². The first-order valence-electron chi connectivity index (χ1n) is 3.98. The van der Waals surface area contributed by atoms with Crippen molar-refractivity contribution in [1.82, 2.24) is 14.8 Å². The predicted octanol–water partition coefficient (Wildman–Crippen LogP) is 1.09. The molecule has 2 aromatic rings. The number of pyridine rings is 1. The molecular weight excluding hydrogens is 166 g/mol. The Balaban J connectivity index is 2.83. The number of fused-ring (bicyclic) bond motifs is 1. The van der Waals surface area contributed by atoms with Crippen LogP contribution in [0.1, 0.15) is 16.2 Å². The lowest BCUT2D eigenvalue weighted by Crippen LogP contribution is -1.90. The third kappa shape index (κ3) is 1.11. The maximum absolute atomic E-state index is 10.5. The van der Waals surface area contributed by atoms with Crippen LogP contribution in [0.25, 0.3) is 11.0 Å². The van der Waals surface area contributed by atoms with E-state index in [0.29, 0.717) is 5.69 Å². The van der Waals surface area contributed by atoms with E-state index >= 15 is 0 Å². The number of hydrogen-bond acceptors (Lipinski definition) is 3. The summed E-state index contributed by atoms with van der Waals surface area (Å²) >= 11 is 0. The highest BCUT2D eigenvalue weighted by Gasteiger charge is 2.05. The maximum Gasteiger partial charge on any atom is 0.168 e. The molecule has 2 rings (SSSR count). The average molecular weight is 175 g/mol. The first-order chi connectivity index (χ1) is 6.22. The standard InChI is InChI=1S/C9H9N3O/c1-6-9-8(12(2)11-6)4-3-7(5-13)10-9/h3-5H,1-2H3. The third-order valence-electron chi connectivity index (χ3n) is 2.01. The Kier molecular flexibility index (Phi) is 1.62. The van der Waals surface area contributed by atoms with Gasteiger partial charge in [-0.2, -0.15) is 5.10 Å². The molecule has 4 heteroatoms. The lowest BCUT2D eigenvalue weighted by atomic mass is 10.3. The van der Waals surface area contributed by atoms with Gasteiger partial charge in [-0.05, 0) is 19.1 Å². The largest absolute Gasteiger partial charge is 0.296 e. The van der Waals surface area contributed by atoms with E-state index in [4.69, 9.17) is 0 Å². The van der Waals surface area contributed by atoms with Gasteiger partial charge in [0.15, 0.2) is 6.29 Å². The van der Waals surface area contributed by atoms with Crippen molar-refractivity contribution in [3.63, 3.8) is 0 Å². The fourth-order valence-electron chi connectivity index (χ4n) is 1.39. The molecule has 2 aromatic heterocycles. The van der Waals surface area contributed by atoms with Crippen molar-refractivity contribution >= 4 is 17.3 Å². The second-order valence-electron chi connectivity index (χ2n) is 2.93. The molecule has 13 heavy (non-hydrogen) atoms. The Labute approximate surface area is 75.2 Å². The molecule has 0 unspecified atom stereocenters. The van der Waals surface area contributed by atoms with Crippen LogP contribution in [-0.4, -0.2) is 21.1 Å². The quantitative estimate of drug-likeness (QED) is 0.609. The van der Waals surface area contributed by atoms with Gasteiger partial charge in [0.2, 0.25) is 0 Å². The number of carbonyl (C=O) groups is 1. The Morgan fingerprint density at radius 3 is 2.92 bits per heavy atom. The Morgan fingerprint density at radius 1 is 1.46 bits per heavy atom. The molecule has 2 heterocycles. The van der Waals surface area contributed by atoms with Crippen LogP contribution in [-0.2, 0) is 7.05 Å². The van der Waals surface area contributed by atoms with Crippen LogP contribution in [0.5, 0.6) is 0 Å². The zero-order chi connectivity index (χ0) is 9.42. The topological polar surface area (TPSA) is 47.8 Å². The zero-order valence-corrected chi connectivity index (χ0v) is 7.48. The molecule has 0 aliphatic heterocycles. The summed E-state index contributed by atoms with van der Waals surface area (Å²) in [5.41, 5.74) is 3.04. The molecular formula is C9H9N3O. The van der Waals surface area contributed by atoms with Crippen LogP contribution in [0.3, 0.4) is 0 Å². The van der Waals surface area contributed by atoms with E-state index in [2.05, 4.69) is 10.1 Å². The minimum atomic E-state index is 0.448. The van der Waals surface area contributed by atoms with Gasteiger partial charge in [-0.3, -0.25) is 9.48 Å². The van der Waals surface area contributed by atoms with Gasteiger partial charge in [0.05, 0.1) is 11.2 Å². The zero-order valence-electron chi connectivity index (χ0n) is 7.48. The van der Waals surface area contributed by atoms with Crippen molar-refractivity contribution in [3.8, 4) is 0 Å². The molecule has 0 aliphatic rings. The van der Waals surface area contributed by atoms with E-state index in [-0.39, 0.29) is 0 Å². The molecule has 0 aliphatic carbocycles. The van der Waals surface area contributed by atoms with E-state index < -0.39 is 0 Å². The van der Waals surface area contributed by atoms with Gasteiger partial charge in [0, 0.05) is 7.05 Å². The summed E-state index contributed by atoms with van der Waals surface area (Å²) in [6, 6.07) is 3.54. The average Bonchev–Trinajstić information content (AvgIpc) is 2.42. The molecule has 0 aromatic carbocycles. The fourth-order valence-corrected chi connectivity index (χ4v) is 1.39. The molecule has 0 fully saturated rings. The number of aryl methyl sites for hydroxylation is 2. The summed E-state index contributed by atoms with van der Waals surface area (Å²) in [6.45, 7) is 1.88. The smallest absolute Gasteiger partial charge is 0.168 e. The molecule has 4 nitrogen and oxygen atoms in total. The van der Waals surface area contributed by atoms with Crippen LogP contribution in [0.2, 0.25) is 0 Å². The normalized spacial score (nSPS) is 10.6. The second kappa shape index (κ2) is 2.65. The van der Waals surface area contributed by atoms with Crippen molar-refractivity contribution in [3.05, 3.63) is 23.5 Å². The monoisotopic (exact) mass is 175 g/mol. The lowest BCUT2D eigenvalue weighted by Gasteiger charge is -1.93. The van der Waals surface area contributed by atoms with Gasteiger partial charge in [0.25, 0.3) is 0 Å². The van der Waals surface area contributed by atoms with Crippen molar-refractivity contribution in [2.75, 3.05) is 0 Å². The highest BCUT2D eigenvalue weighted by molar-refractivity contribution is 5.82. The molecule has 0 N–H and O–H groups in total. The van der Waals surface area contributed by atoms with Crippen molar-refractivity contribution in [2.45, 2.75) is 6.92 Å². The van der Waals surface area contributed by atoms with Crippen LogP contribution < -0.4 is 0 Å². The van der Waals surface area contributed by atoms with E-state index in [0.717, 1.165) is 23.0 Å². The van der Waals surface area contributed by atoms with Crippen molar-refractivity contribution in [2.24, 2.45) is 7.05 Å². The maximum atomic E-state index is 10.5. The molecule has 0 amide bonds. The van der Waals surface area contributed by atoms with Gasteiger partial charge in [-0.1, -0.05) is 0 Å². The number of hydrogen-bond donors (Lipinski definition) is 0. The summed E-state index contributed by atoms with van der Waals surface area (Å²) in [5, 5.41) is 4.20. The van der Waals surface area contributed by atoms with E-state index in [1.807, 2.05) is 20.0 Å². The number of carbonyl (C=O) groups excluding carboxylic acids is 1. The van der Waals surface area contributed by atoms with Crippen molar-refractivity contribution in [1.29, 1.82) is 0 Å². The molecule has 0 saturated heterocycles. The number of rotatable bonds is 1. The van der Waals surface area contributed by atoms with E-state index in [1.54, 1.807) is 10.7 Å². The van der Waals surface area contributed by atoms with Crippen LogP contribution in [0.15, 0.2) is 12.1 Å². The SMILES string of the molecule is Cc1nn(C)c2ccc(C=O)nc12. The van der Waals surface area contributed by atoms with Crippen molar-refractivity contribution < 1.29 is 4.79 Å². The Bertz CT molecular complexity index is 473. The third-order valence-corrected chi connectivity index (χ3v) is 2.01. The summed E-state index contributed by atoms with van der Waals surface area (Å²) in [6.07, 6.45) is 0.742. The fraction of sp³-hybridized carbons (Fsp3) is 0.222. The Hall–Kier alpha value is -1.71. The molecule has 0 saturated carbocycles.